The van der Waals surface area contributed by atoms with Crippen LogP contribution in [0.15, 0.2) is 0 Å². The monoisotopic (exact) mass is 202 g/mol. The van der Waals surface area contributed by atoms with Gasteiger partial charge in [-0.2, -0.15) is 0 Å². The van der Waals surface area contributed by atoms with Crippen LogP contribution in [0.25, 0.3) is 0 Å². The minimum absolute atomic E-state index is 0.105. The van der Waals surface area contributed by atoms with Gasteiger partial charge in [-0.15, -0.1) is 0 Å². The fraction of sp³-hybridized carbons (Fsp3) is 0.625. The van der Waals surface area contributed by atoms with E-state index in [-0.39, 0.29) is 19.3 Å². The molecule has 1 fully saturated rings. The zero-order chi connectivity index (χ0) is 10.9. The maximum Gasteiger partial charge on any atom is 0.321 e. The number of hydrogen-bond donors (Lipinski definition) is 3. The number of hydrogen-bond acceptors (Lipinski definition) is 3. The third-order valence-corrected chi connectivity index (χ3v) is 2.68. The summed E-state index contributed by atoms with van der Waals surface area (Å²) in [5, 5.41) is 26.1. The van der Waals surface area contributed by atoms with E-state index in [4.69, 9.17) is 15.3 Å². The van der Waals surface area contributed by atoms with Crippen LogP contribution in [0, 0.1) is 11.3 Å². The van der Waals surface area contributed by atoms with Crippen molar-refractivity contribution in [3.05, 3.63) is 0 Å². The first-order valence-electron chi connectivity index (χ1n) is 4.10. The van der Waals surface area contributed by atoms with Crippen molar-refractivity contribution in [3.63, 3.8) is 0 Å². The van der Waals surface area contributed by atoms with Gasteiger partial charge in [0.1, 0.15) is 0 Å². The van der Waals surface area contributed by atoms with Gasteiger partial charge in [0, 0.05) is 0 Å². The molecule has 6 nitrogen and oxygen atoms in total. The minimum Gasteiger partial charge on any atom is -0.481 e. The van der Waals surface area contributed by atoms with Crippen molar-refractivity contribution in [3.8, 4) is 0 Å². The number of carbonyl (C=O) groups is 3. The van der Waals surface area contributed by atoms with Crippen LogP contribution in [0.4, 0.5) is 0 Å². The molecular formula is C8H10O6. The maximum atomic E-state index is 10.8. The van der Waals surface area contributed by atoms with Crippen molar-refractivity contribution in [2.24, 2.45) is 11.3 Å². The Morgan fingerprint density at radius 3 is 1.79 bits per heavy atom. The van der Waals surface area contributed by atoms with Crippen LogP contribution in [0.1, 0.15) is 19.3 Å². The predicted octanol–water partition coefficient (Wildman–Crippen LogP) is 0.0267. The molecule has 0 spiro atoms. The highest BCUT2D eigenvalue weighted by molar-refractivity contribution is 5.99. The summed E-state index contributed by atoms with van der Waals surface area (Å²) in [6, 6.07) is 0. The topological polar surface area (TPSA) is 112 Å². The van der Waals surface area contributed by atoms with Gasteiger partial charge < -0.3 is 15.3 Å². The molecule has 0 saturated heterocycles. The molecule has 0 aromatic rings. The quantitative estimate of drug-likeness (QED) is 0.556. The third-order valence-electron chi connectivity index (χ3n) is 2.68. The predicted molar refractivity (Wildman–Crippen MR) is 42.7 cm³/mol. The molecule has 0 aromatic carbocycles. The first-order valence-corrected chi connectivity index (χ1v) is 4.10. The SMILES string of the molecule is O=C(O)C1CCC(C(=O)O)(C(=O)O)C1. The van der Waals surface area contributed by atoms with Gasteiger partial charge >= 0.3 is 17.9 Å². The van der Waals surface area contributed by atoms with E-state index >= 15 is 0 Å². The van der Waals surface area contributed by atoms with Crippen LogP contribution in [0.3, 0.4) is 0 Å². The van der Waals surface area contributed by atoms with Gasteiger partial charge in [-0.25, -0.2) is 0 Å². The average Bonchev–Trinajstić information content (AvgIpc) is 2.48. The summed E-state index contributed by atoms with van der Waals surface area (Å²) in [4.78, 5) is 32.1. The molecule has 14 heavy (non-hydrogen) atoms. The van der Waals surface area contributed by atoms with Crippen molar-refractivity contribution < 1.29 is 29.7 Å². The van der Waals surface area contributed by atoms with Crippen molar-refractivity contribution in [1.82, 2.24) is 0 Å². The lowest BCUT2D eigenvalue weighted by Gasteiger charge is -2.17. The first kappa shape index (κ1) is 10.5. The van der Waals surface area contributed by atoms with Gasteiger partial charge in [0.15, 0.2) is 5.41 Å². The van der Waals surface area contributed by atoms with E-state index < -0.39 is 29.2 Å². The molecule has 0 aliphatic heterocycles. The smallest absolute Gasteiger partial charge is 0.321 e. The Balaban J connectivity index is 2.91. The molecule has 0 radical (unpaired) electrons. The number of rotatable bonds is 3. The zero-order valence-electron chi connectivity index (χ0n) is 7.27. The Bertz CT molecular complexity index is 280. The van der Waals surface area contributed by atoms with Crippen LogP contribution < -0.4 is 0 Å². The van der Waals surface area contributed by atoms with E-state index in [1.54, 1.807) is 0 Å². The maximum absolute atomic E-state index is 10.8. The standard InChI is InChI=1S/C8H10O6/c9-5(10)4-1-2-8(3-4,6(11)12)7(13)14/h4H,1-3H2,(H,9,10)(H,11,12)(H,13,14). The number of carboxylic acids is 3. The largest absolute Gasteiger partial charge is 0.481 e. The summed E-state index contributed by atoms with van der Waals surface area (Å²) in [5.74, 6) is -4.89. The van der Waals surface area contributed by atoms with E-state index in [9.17, 15) is 14.4 Å². The fourth-order valence-corrected chi connectivity index (χ4v) is 1.74. The van der Waals surface area contributed by atoms with Crippen molar-refractivity contribution >= 4 is 17.9 Å². The highest BCUT2D eigenvalue weighted by Crippen LogP contribution is 2.42. The lowest BCUT2D eigenvalue weighted by atomic mass is 9.85. The molecule has 1 aliphatic carbocycles. The van der Waals surface area contributed by atoms with Gasteiger partial charge in [-0.1, -0.05) is 0 Å². The van der Waals surface area contributed by atoms with Crippen LogP contribution in [0.5, 0.6) is 0 Å². The minimum atomic E-state index is -1.90. The highest BCUT2D eigenvalue weighted by Gasteiger charge is 2.53. The van der Waals surface area contributed by atoms with E-state index in [1.807, 2.05) is 0 Å². The van der Waals surface area contributed by atoms with E-state index in [1.165, 1.54) is 0 Å². The van der Waals surface area contributed by atoms with Crippen molar-refractivity contribution in [1.29, 1.82) is 0 Å². The summed E-state index contributed by atoms with van der Waals surface area (Å²) in [6.45, 7) is 0. The molecule has 6 heteroatoms. The molecule has 1 unspecified atom stereocenters. The average molecular weight is 202 g/mol. The fourth-order valence-electron chi connectivity index (χ4n) is 1.74. The molecule has 0 heterocycles. The van der Waals surface area contributed by atoms with E-state index in [0.29, 0.717) is 0 Å². The molecule has 3 N–H and O–H groups in total. The summed E-state index contributed by atoms with van der Waals surface area (Å²) in [6.07, 6.45) is -0.338. The lowest BCUT2D eigenvalue weighted by Crippen LogP contribution is -2.37. The second-order valence-electron chi connectivity index (χ2n) is 3.47. The van der Waals surface area contributed by atoms with Gasteiger partial charge in [0.25, 0.3) is 0 Å². The Morgan fingerprint density at radius 1 is 1.07 bits per heavy atom. The summed E-state index contributed by atoms with van der Waals surface area (Å²) >= 11 is 0. The van der Waals surface area contributed by atoms with Crippen LogP contribution in [0.2, 0.25) is 0 Å². The molecule has 0 aromatic heterocycles. The molecule has 1 saturated carbocycles. The molecular weight excluding hydrogens is 192 g/mol. The molecule has 78 valence electrons. The number of aliphatic carboxylic acids is 3. The second kappa shape index (κ2) is 3.28. The van der Waals surface area contributed by atoms with Crippen LogP contribution in [-0.2, 0) is 14.4 Å². The third kappa shape index (κ3) is 1.43. The Kier molecular flexibility index (Phi) is 2.46. The molecule has 1 atom stereocenters. The summed E-state index contributed by atoms with van der Waals surface area (Å²) in [5.41, 5.74) is -1.90. The van der Waals surface area contributed by atoms with Crippen molar-refractivity contribution in [2.45, 2.75) is 19.3 Å². The summed E-state index contributed by atoms with van der Waals surface area (Å²) < 4.78 is 0. The zero-order valence-corrected chi connectivity index (χ0v) is 7.27. The van der Waals surface area contributed by atoms with Gasteiger partial charge in [-0.05, 0) is 19.3 Å². The van der Waals surface area contributed by atoms with Gasteiger partial charge in [0.05, 0.1) is 5.92 Å². The van der Waals surface area contributed by atoms with Gasteiger partial charge in [0.2, 0.25) is 0 Å². The summed E-state index contributed by atoms with van der Waals surface area (Å²) in [7, 11) is 0. The highest BCUT2D eigenvalue weighted by atomic mass is 16.4. The van der Waals surface area contributed by atoms with E-state index in [2.05, 4.69) is 0 Å². The van der Waals surface area contributed by atoms with Gasteiger partial charge in [-0.3, -0.25) is 14.4 Å². The van der Waals surface area contributed by atoms with E-state index in [0.717, 1.165) is 0 Å². The first-order chi connectivity index (χ1) is 6.40. The molecule has 1 rings (SSSR count). The van der Waals surface area contributed by atoms with Crippen molar-refractivity contribution in [2.75, 3.05) is 0 Å². The molecule has 0 amide bonds. The second-order valence-corrected chi connectivity index (χ2v) is 3.47. The normalized spacial score (nSPS) is 24.4. The number of carboxylic acid groups (broad SMARTS) is 3. The van der Waals surface area contributed by atoms with Crippen LogP contribution in [-0.4, -0.2) is 33.2 Å². The van der Waals surface area contributed by atoms with Crippen LogP contribution >= 0.6 is 0 Å². The lowest BCUT2D eigenvalue weighted by molar-refractivity contribution is -0.164. The Labute approximate surface area is 79.2 Å². The Morgan fingerprint density at radius 2 is 1.57 bits per heavy atom. The molecule has 0 bridgehead atoms. The Hall–Kier alpha value is -1.59. The molecule has 1 aliphatic rings.